The molecule has 2 aromatic heterocycles. The van der Waals surface area contributed by atoms with Crippen LogP contribution in [0.4, 0.5) is 5.82 Å². The van der Waals surface area contributed by atoms with E-state index in [-0.39, 0.29) is 17.0 Å². The first-order chi connectivity index (χ1) is 12.5. The molecule has 150 valence electrons. The SMILES string of the molecule is Nc1ncnc2c1ncn2[C@@H]1O[C@H](COP(=O)(O)OS(=O)(=O)O)[C@H](O)[C@H]1O. The van der Waals surface area contributed by atoms with Crippen LogP contribution < -0.4 is 5.73 Å². The Morgan fingerprint density at radius 1 is 1.30 bits per heavy atom. The summed E-state index contributed by atoms with van der Waals surface area (Å²) in [6, 6.07) is 0. The molecule has 0 amide bonds. The Hall–Kier alpha value is -1.75. The predicted octanol–water partition coefficient (Wildman–Crippen LogP) is -2.04. The van der Waals surface area contributed by atoms with Crippen LogP contribution in [0.15, 0.2) is 12.7 Å². The van der Waals surface area contributed by atoms with Crippen LogP contribution in [0.25, 0.3) is 11.2 Å². The van der Waals surface area contributed by atoms with Crippen LogP contribution in [0.3, 0.4) is 0 Å². The zero-order valence-electron chi connectivity index (χ0n) is 13.1. The van der Waals surface area contributed by atoms with Crippen LogP contribution in [0, 0.1) is 0 Å². The maximum absolute atomic E-state index is 11.4. The van der Waals surface area contributed by atoms with E-state index < -0.39 is 49.4 Å². The van der Waals surface area contributed by atoms with E-state index in [2.05, 4.69) is 23.4 Å². The Kier molecular flexibility index (Phi) is 5.19. The number of ether oxygens (including phenoxy) is 1. The number of aliphatic hydroxyl groups excluding tert-OH is 2. The summed E-state index contributed by atoms with van der Waals surface area (Å²) in [5.74, 6) is 0.0789. The van der Waals surface area contributed by atoms with Crippen molar-refractivity contribution in [1.82, 2.24) is 19.5 Å². The quantitative estimate of drug-likeness (QED) is 0.247. The fraction of sp³-hybridized carbons (Fsp3) is 0.500. The third kappa shape index (κ3) is 4.23. The van der Waals surface area contributed by atoms with Crippen molar-refractivity contribution in [1.29, 1.82) is 0 Å². The van der Waals surface area contributed by atoms with Gasteiger partial charge in [-0.25, -0.2) is 19.5 Å². The molecule has 17 heteroatoms. The molecule has 0 aromatic carbocycles. The van der Waals surface area contributed by atoms with E-state index in [0.29, 0.717) is 0 Å². The zero-order valence-corrected chi connectivity index (χ0v) is 14.8. The van der Waals surface area contributed by atoms with E-state index in [0.717, 1.165) is 6.33 Å². The molecule has 3 rings (SSSR count). The number of imidazole rings is 1. The molecule has 0 saturated carbocycles. The molecule has 2 aromatic rings. The van der Waals surface area contributed by atoms with Crippen molar-refractivity contribution in [2.75, 3.05) is 12.3 Å². The van der Waals surface area contributed by atoms with Crippen molar-refractivity contribution in [2.45, 2.75) is 24.5 Å². The molecule has 0 bridgehead atoms. The van der Waals surface area contributed by atoms with Crippen LogP contribution in [0.5, 0.6) is 0 Å². The highest BCUT2D eigenvalue weighted by Gasteiger charge is 2.45. The first-order valence-corrected chi connectivity index (χ1v) is 9.95. The number of aromatic nitrogens is 4. The first kappa shape index (κ1) is 20.0. The molecular formula is C10H14N5O10PS. The summed E-state index contributed by atoms with van der Waals surface area (Å²) in [7, 11) is -10.5. The minimum Gasteiger partial charge on any atom is -0.387 e. The minimum atomic E-state index is -5.26. The van der Waals surface area contributed by atoms with Gasteiger partial charge in [0.2, 0.25) is 0 Å². The summed E-state index contributed by atoms with van der Waals surface area (Å²) in [6.07, 6.45) is -3.29. The Labute approximate surface area is 150 Å². The van der Waals surface area contributed by atoms with Crippen molar-refractivity contribution in [3.63, 3.8) is 0 Å². The average Bonchev–Trinajstić information content (AvgIpc) is 3.07. The van der Waals surface area contributed by atoms with Crippen LogP contribution in [-0.4, -0.2) is 72.5 Å². The van der Waals surface area contributed by atoms with Gasteiger partial charge in [0, 0.05) is 0 Å². The van der Waals surface area contributed by atoms with E-state index in [9.17, 15) is 28.1 Å². The standard InChI is InChI=1S/C10H14N5O10PS/c11-8-5-9(13-2-12-8)15(3-14-5)10-7(17)6(16)4(24-10)1-23-26(18,19)25-27(20,21)22/h2-4,6-7,10,16-17H,1H2,(H,18,19)(H2,11,12,13)(H,20,21,22)/t4-,6+,7-,10-/m1/s1. The Morgan fingerprint density at radius 2 is 2.00 bits per heavy atom. The number of fused-ring (bicyclic) bond motifs is 1. The molecule has 1 unspecified atom stereocenters. The van der Waals surface area contributed by atoms with E-state index >= 15 is 0 Å². The van der Waals surface area contributed by atoms with Gasteiger partial charge in [-0.3, -0.25) is 13.6 Å². The van der Waals surface area contributed by atoms with Crippen molar-refractivity contribution in [3.8, 4) is 0 Å². The summed E-state index contributed by atoms with van der Waals surface area (Å²) in [5, 5.41) is 20.2. The lowest BCUT2D eigenvalue weighted by Gasteiger charge is -2.16. The predicted molar refractivity (Wildman–Crippen MR) is 84.1 cm³/mol. The number of nitrogen functional groups attached to an aromatic ring is 1. The first-order valence-electron chi connectivity index (χ1n) is 7.09. The van der Waals surface area contributed by atoms with E-state index in [4.69, 9.17) is 15.0 Å². The summed E-state index contributed by atoms with van der Waals surface area (Å²) >= 11 is 0. The summed E-state index contributed by atoms with van der Waals surface area (Å²) in [5.41, 5.74) is 6.08. The lowest BCUT2D eigenvalue weighted by atomic mass is 10.1. The summed E-state index contributed by atoms with van der Waals surface area (Å²) < 4.78 is 55.3. The molecular weight excluding hydrogens is 413 g/mol. The Bertz CT molecular complexity index is 997. The number of aliphatic hydroxyl groups is 2. The van der Waals surface area contributed by atoms with Crippen molar-refractivity contribution < 1.29 is 45.9 Å². The van der Waals surface area contributed by atoms with Gasteiger partial charge < -0.3 is 25.6 Å². The Balaban J connectivity index is 1.76. The molecule has 0 aliphatic carbocycles. The number of nitrogens with two attached hydrogens (primary N) is 1. The van der Waals surface area contributed by atoms with Gasteiger partial charge in [-0.15, -0.1) is 3.97 Å². The molecule has 0 radical (unpaired) electrons. The third-order valence-corrected chi connectivity index (χ3v) is 5.57. The number of phosphoric acid groups is 1. The third-order valence-electron chi connectivity index (χ3n) is 3.59. The van der Waals surface area contributed by atoms with Gasteiger partial charge in [0.1, 0.15) is 30.2 Å². The number of anilines is 1. The highest BCUT2D eigenvalue weighted by molar-refractivity contribution is 7.85. The van der Waals surface area contributed by atoms with E-state index in [1.807, 2.05) is 0 Å². The molecule has 5 atom stereocenters. The Morgan fingerprint density at radius 3 is 2.67 bits per heavy atom. The molecule has 27 heavy (non-hydrogen) atoms. The second-order valence-corrected chi connectivity index (χ2v) is 8.04. The second kappa shape index (κ2) is 7.01. The fourth-order valence-corrected chi connectivity index (χ4v) is 3.92. The van der Waals surface area contributed by atoms with Gasteiger partial charge >= 0.3 is 18.2 Å². The molecule has 1 aliphatic rings. The second-order valence-electron chi connectivity index (χ2n) is 5.40. The van der Waals surface area contributed by atoms with Crippen molar-refractivity contribution >= 4 is 35.2 Å². The number of rotatable bonds is 6. The molecule has 1 aliphatic heterocycles. The minimum absolute atomic E-state index is 0.0789. The number of hydrogen-bond donors (Lipinski definition) is 5. The van der Waals surface area contributed by atoms with E-state index in [1.165, 1.54) is 10.9 Å². The van der Waals surface area contributed by atoms with Gasteiger partial charge in [-0.2, -0.15) is 8.42 Å². The largest absolute Gasteiger partial charge is 0.488 e. The zero-order chi connectivity index (χ0) is 20.0. The normalized spacial score (nSPS) is 28.4. The van der Waals surface area contributed by atoms with Crippen LogP contribution in [0.1, 0.15) is 6.23 Å². The highest BCUT2D eigenvalue weighted by atomic mass is 32.3. The number of nitrogens with zero attached hydrogens (tertiary/aromatic N) is 4. The van der Waals surface area contributed by atoms with Crippen LogP contribution in [0.2, 0.25) is 0 Å². The lowest BCUT2D eigenvalue weighted by Crippen LogP contribution is -2.33. The number of phosphoric ester groups is 1. The molecule has 0 spiro atoms. The lowest BCUT2D eigenvalue weighted by molar-refractivity contribution is -0.0501. The maximum atomic E-state index is 11.4. The van der Waals surface area contributed by atoms with Crippen molar-refractivity contribution in [2.24, 2.45) is 0 Å². The van der Waals surface area contributed by atoms with Crippen LogP contribution in [-0.2, 0) is 28.2 Å². The average molecular weight is 427 g/mol. The summed E-state index contributed by atoms with van der Waals surface area (Å²) in [4.78, 5) is 20.9. The fourth-order valence-electron chi connectivity index (χ4n) is 2.46. The van der Waals surface area contributed by atoms with Gasteiger partial charge in [-0.1, -0.05) is 0 Å². The maximum Gasteiger partial charge on any atom is 0.488 e. The molecule has 15 nitrogen and oxygen atoms in total. The van der Waals surface area contributed by atoms with Gasteiger partial charge in [0.05, 0.1) is 12.9 Å². The van der Waals surface area contributed by atoms with Crippen LogP contribution >= 0.6 is 7.82 Å². The molecule has 6 N–H and O–H groups in total. The highest BCUT2D eigenvalue weighted by Crippen LogP contribution is 2.45. The molecule has 3 heterocycles. The van der Waals surface area contributed by atoms with Crippen molar-refractivity contribution in [3.05, 3.63) is 12.7 Å². The molecule has 1 fully saturated rings. The molecule has 1 saturated heterocycles. The number of hydrogen-bond acceptors (Lipinski definition) is 12. The van der Waals surface area contributed by atoms with Gasteiger partial charge in [0.15, 0.2) is 17.7 Å². The monoisotopic (exact) mass is 427 g/mol. The van der Waals surface area contributed by atoms with Gasteiger partial charge in [0.25, 0.3) is 0 Å². The smallest absolute Gasteiger partial charge is 0.387 e. The topological polar surface area (TPSA) is 229 Å². The van der Waals surface area contributed by atoms with E-state index in [1.54, 1.807) is 0 Å². The summed E-state index contributed by atoms with van der Waals surface area (Å²) in [6.45, 7) is -0.845. The van der Waals surface area contributed by atoms with Gasteiger partial charge in [-0.05, 0) is 0 Å².